The van der Waals surface area contributed by atoms with Gasteiger partial charge >= 0.3 is 0 Å². The number of aliphatic hydroxyl groups is 2. The summed E-state index contributed by atoms with van der Waals surface area (Å²) in [4.78, 5) is 0. The molecule has 2 nitrogen and oxygen atoms in total. The lowest BCUT2D eigenvalue weighted by Gasteiger charge is -2.26. The molecule has 0 heterocycles. The summed E-state index contributed by atoms with van der Waals surface area (Å²) in [5.74, 6) is 0.0192. The number of hydrogen-bond donors (Lipinski definition) is 2. The normalized spacial score (nSPS) is 17.5. The van der Waals surface area contributed by atoms with Crippen LogP contribution >= 0.6 is 0 Å². The fourth-order valence-electron chi connectivity index (χ4n) is 1.75. The molecule has 0 spiro atoms. The summed E-state index contributed by atoms with van der Waals surface area (Å²) in [7, 11) is 0. The largest absolute Gasteiger partial charge is 0.392 e. The van der Waals surface area contributed by atoms with E-state index in [2.05, 4.69) is 0 Å². The van der Waals surface area contributed by atoms with Gasteiger partial charge in [0.25, 0.3) is 0 Å². The van der Waals surface area contributed by atoms with Gasteiger partial charge in [-0.2, -0.15) is 0 Å². The first-order valence-corrected chi connectivity index (χ1v) is 5.45. The van der Waals surface area contributed by atoms with Crippen molar-refractivity contribution in [2.75, 3.05) is 0 Å². The maximum absolute atomic E-state index is 10.0. The SMILES string of the molecule is CC(C)[C@@H](O)C(C)[C@H](O)c1ccccc1. The number of aliphatic hydroxyl groups excluding tert-OH is 2. The summed E-state index contributed by atoms with van der Waals surface area (Å²) in [5, 5.41) is 19.9. The summed E-state index contributed by atoms with van der Waals surface area (Å²) in [5.41, 5.74) is 0.865. The molecule has 0 amide bonds. The van der Waals surface area contributed by atoms with Crippen molar-refractivity contribution < 1.29 is 10.2 Å². The van der Waals surface area contributed by atoms with Crippen molar-refractivity contribution in [1.82, 2.24) is 0 Å². The highest BCUT2D eigenvalue weighted by Crippen LogP contribution is 2.27. The maximum Gasteiger partial charge on any atom is 0.0840 e. The summed E-state index contributed by atoms with van der Waals surface area (Å²) >= 11 is 0. The summed E-state index contributed by atoms with van der Waals surface area (Å²) in [6.07, 6.45) is -1.07. The van der Waals surface area contributed by atoms with Gasteiger partial charge in [-0.15, -0.1) is 0 Å². The maximum atomic E-state index is 10.0. The van der Waals surface area contributed by atoms with Crippen LogP contribution in [0.4, 0.5) is 0 Å². The highest BCUT2D eigenvalue weighted by Gasteiger charge is 2.25. The van der Waals surface area contributed by atoms with Crippen LogP contribution in [0.3, 0.4) is 0 Å². The van der Waals surface area contributed by atoms with Gasteiger partial charge in [0.2, 0.25) is 0 Å². The highest BCUT2D eigenvalue weighted by atomic mass is 16.3. The third kappa shape index (κ3) is 3.05. The first-order chi connectivity index (χ1) is 7.04. The molecule has 1 unspecified atom stereocenters. The molecule has 0 saturated carbocycles. The minimum atomic E-state index is -0.594. The Kier molecular flexibility index (Phi) is 4.30. The van der Waals surface area contributed by atoms with Crippen LogP contribution in [0.25, 0.3) is 0 Å². The van der Waals surface area contributed by atoms with Crippen molar-refractivity contribution in [3.63, 3.8) is 0 Å². The van der Waals surface area contributed by atoms with Crippen molar-refractivity contribution >= 4 is 0 Å². The number of benzene rings is 1. The molecular formula is C13H20O2. The summed E-state index contributed by atoms with van der Waals surface area (Å²) in [6.45, 7) is 5.79. The molecular weight excluding hydrogens is 188 g/mol. The minimum absolute atomic E-state index is 0.146. The van der Waals surface area contributed by atoms with E-state index in [0.717, 1.165) is 5.56 Å². The molecule has 1 rings (SSSR count). The molecule has 84 valence electrons. The molecule has 0 radical (unpaired) electrons. The van der Waals surface area contributed by atoms with Gasteiger partial charge in [0.15, 0.2) is 0 Å². The van der Waals surface area contributed by atoms with Crippen LogP contribution in [0.1, 0.15) is 32.4 Å². The molecule has 2 heteroatoms. The molecule has 3 atom stereocenters. The second kappa shape index (κ2) is 5.29. The average molecular weight is 208 g/mol. The molecule has 15 heavy (non-hydrogen) atoms. The van der Waals surface area contributed by atoms with E-state index in [-0.39, 0.29) is 11.8 Å². The third-order valence-electron chi connectivity index (χ3n) is 2.86. The van der Waals surface area contributed by atoms with Gasteiger partial charge < -0.3 is 10.2 Å². The first-order valence-electron chi connectivity index (χ1n) is 5.45. The van der Waals surface area contributed by atoms with E-state index < -0.39 is 12.2 Å². The molecule has 0 aliphatic heterocycles. The van der Waals surface area contributed by atoms with Crippen LogP contribution in [-0.4, -0.2) is 16.3 Å². The Balaban J connectivity index is 2.73. The van der Waals surface area contributed by atoms with E-state index in [1.807, 2.05) is 51.1 Å². The Labute approximate surface area is 91.6 Å². The molecule has 0 bridgehead atoms. The lowest BCUT2D eigenvalue weighted by molar-refractivity contribution is -0.00309. The molecule has 0 saturated heterocycles. The molecule has 0 aliphatic carbocycles. The zero-order chi connectivity index (χ0) is 11.4. The molecule has 2 N–H and O–H groups in total. The topological polar surface area (TPSA) is 40.5 Å². The van der Waals surface area contributed by atoms with E-state index in [4.69, 9.17) is 0 Å². The van der Waals surface area contributed by atoms with E-state index in [1.165, 1.54) is 0 Å². The van der Waals surface area contributed by atoms with Crippen LogP contribution in [0.5, 0.6) is 0 Å². The van der Waals surface area contributed by atoms with Gasteiger partial charge in [-0.05, 0) is 11.5 Å². The Bertz CT molecular complexity index is 282. The molecule has 1 aromatic carbocycles. The second-order valence-corrected chi connectivity index (χ2v) is 4.45. The predicted octanol–water partition coefficient (Wildman–Crippen LogP) is 2.37. The highest BCUT2D eigenvalue weighted by molar-refractivity contribution is 5.18. The van der Waals surface area contributed by atoms with E-state index in [9.17, 15) is 10.2 Å². The van der Waals surface area contributed by atoms with Crippen molar-refractivity contribution in [3.05, 3.63) is 35.9 Å². The van der Waals surface area contributed by atoms with Crippen LogP contribution < -0.4 is 0 Å². The monoisotopic (exact) mass is 208 g/mol. The third-order valence-corrected chi connectivity index (χ3v) is 2.86. The fourth-order valence-corrected chi connectivity index (χ4v) is 1.75. The fraction of sp³-hybridized carbons (Fsp3) is 0.538. The van der Waals surface area contributed by atoms with Gasteiger partial charge in [0.05, 0.1) is 12.2 Å². The van der Waals surface area contributed by atoms with E-state index in [1.54, 1.807) is 0 Å². The summed E-state index contributed by atoms with van der Waals surface area (Å²) in [6, 6.07) is 9.47. The smallest absolute Gasteiger partial charge is 0.0840 e. The van der Waals surface area contributed by atoms with Crippen molar-refractivity contribution in [2.45, 2.75) is 33.0 Å². The summed E-state index contributed by atoms with van der Waals surface area (Å²) < 4.78 is 0. The van der Waals surface area contributed by atoms with Gasteiger partial charge in [0.1, 0.15) is 0 Å². The van der Waals surface area contributed by atoms with Gasteiger partial charge in [-0.25, -0.2) is 0 Å². The second-order valence-electron chi connectivity index (χ2n) is 4.45. The Morgan fingerprint density at radius 1 is 0.933 bits per heavy atom. The first kappa shape index (κ1) is 12.2. The molecule has 0 aliphatic rings. The molecule has 0 aromatic heterocycles. The van der Waals surface area contributed by atoms with Gasteiger partial charge in [-0.3, -0.25) is 0 Å². The van der Waals surface area contributed by atoms with Crippen LogP contribution in [0, 0.1) is 11.8 Å². The number of hydrogen-bond acceptors (Lipinski definition) is 2. The van der Waals surface area contributed by atoms with Gasteiger partial charge in [-0.1, -0.05) is 51.1 Å². The van der Waals surface area contributed by atoms with Crippen LogP contribution in [0.2, 0.25) is 0 Å². The van der Waals surface area contributed by atoms with E-state index >= 15 is 0 Å². The van der Waals surface area contributed by atoms with Crippen molar-refractivity contribution in [1.29, 1.82) is 0 Å². The lowest BCUT2D eigenvalue weighted by atomic mass is 9.87. The Morgan fingerprint density at radius 3 is 1.93 bits per heavy atom. The van der Waals surface area contributed by atoms with Crippen LogP contribution in [-0.2, 0) is 0 Å². The standard InChI is InChI=1S/C13H20O2/c1-9(2)12(14)10(3)13(15)11-7-5-4-6-8-11/h4-10,12-15H,1-3H3/t10?,12-,13+/m1/s1. The zero-order valence-electron chi connectivity index (χ0n) is 9.59. The minimum Gasteiger partial charge on any atom is -0.392 e. The Hall–Kier alpha value is -0.860. The molecule has 0 fully saturated rings. The molecule has 1 aromatic rings. The quantitative estimate of drug-likeness (QED) is 0.797. The van der Waals surface area contributed by atoms with Crippen LogP contribution in [0.15, 0.2) is 30.3 Å². The Morgan fingerprint density at radius 2 is 1.47 bits per heavy atom. The van der Waals surface area contributed by atoms with E-state index in [0.29, 0.717) is 0 Å². The average Bonchev–Trinajstić information content (AvgIpc) is 2.27. The predicted molar refractivity (Wildman–Crippen MR) is 61.4 cm³/mol. The van der Waals surface area contributed by atoms with Gasteiger partial charge in [0, 0.05) is 5.92 Å². The zero-order valence-corrected chi connectivity index (χ0v) is 9.59. The van der Waals surface area contributed by atoms with Crippen molar-refractivity contribution in [2.24, 2.45) is 11.8 Å². The van der Waals surface area contributed by atoms with Crippen molar-refractivity contribution in [3.8, 4) is 0 Å². The lowest BCUT2D eigenvalue weighted by Crippen LogP contribution is -2.28. The number of rotatable bonds is 4.